The van der Waals surface area contributed by atoms with E-state index in [9.17, 15) is 4.79 Å². The number of carbonyl (C=O) groups is 1. The monoisotopic (exact) mass is 457 g/mol. The van der Waals surface area contributed by atoms with Crippen molar-refractivity contribution in [1.82, 2.24) is 0 Å². The molecule has 1 aliphatic heterocycles. The molecule has 0 N–H and O–H groups in total. The highest BCUT2D eigenvalue weighted by Gasteiger charge is 2.27. The maximum Gasteiger partial charge on any atom is 0.231 e. The summed E-state index contributed by atoms with van der Waals surface area (Å²) >= 11 is 5.82. The lowest BCUT2D eigenvalue weighted by Gasteiger charge is -2.19. The lowest BCUT2D eigenvalue weighted by atomic mass is 10.1. The molecular weight excluding hydrogens is 445 g/mol. The minimum atomic E-state index is 0.140. The quantitative estimate of drug-likeness (QED) is 0.648. The van der Waals surface area contributed by atoms with E-state index in [2.05, 4.69) is 44.6 Å². The van der Waals surface area contributed by atoms with Gasteiger partial charge in [-0.2, -0.15) is 0 Å². The normalized spacial score (nSPS) is 13.5. The molecule has 3 rings (SSSR count). The molecule has 5 heteroatoms. The van der Waals surface area contributed by atoms with Crippen molar-refractivity contribution < 1.29 is 9.53 Å². The number of anilines is 1. The Morgan fingerprint density at radius 3 is 2.86 bits per heavy atom. The van der Waals surface area contributed by atoms with Gasteiger partial charge in [0.2, 0.25) is 5.91 Å². The Balaban J connectivity index is 1.94. The third-order valence-corrected chi connectivity index (χ3v) is 5.00. The van der Waals surface area contributed by atoms with E-state index >= 15 is 0 Å². The number of fused-ring (bicyclic) bond motifs is 1. The van der Waals surface area contributed by atoms with Crippen molar-refractivity contribution in [3.8, 4) is 5.75 Å². The van der Waals surface area contributed by atoms with Crippen LogP contribution in [-0.4, -0.2) is 13.0 Å². The number of nitrogens with zero attached hydrogens (tertiary/aromatic N) is 1. The summed E-state index contributed by atoms with van der Waals surface area (Å²) in [6.07, 6.45) is 0.480. The van der Waals surface area contributed by atoms with E-state index in [1.54, 1.807) is 7.11 Å². The summed E-state index contributed by atoms with van der Waals surface area (Å²) in [4.78, 5) is 14.1. The Morgan fingerprint density at radius 1 is 1.29 bits per heavy atom. The number of halogens is 2. The van der Waals surface area contributed by atoms with Crippen molar-refractivity contribution >= 4 is 50.1 Å². The first-order valence-corrected chi connectivity index (χ1v) is 8.37. The molecule has 108 valence electrons. The lowest BCUT2D eigenvalue weighted by molar-refractivity contribution is -0.117. The van der Waals surface area contributed by atoms with Crippen molar-refractivity contribution in [2.75, 3.05) is 12.0 Å². The van der Waals surface area contributed by atoms with Gasteiger partial charge in [0.05, 0.1) is 20.1 Å². The van der Waals surface area contributed by atoms with E-state index in [1.807, 2.05) is 35.2 Å². The van der Waals surface area contributed by atoms with Crippen molar-refractivity contribution in [1.29, 1.82) is 0 Å². The average molecular weight is 458 g/mol. The molecule has 0 unspecified atom stereocenters. The number of hydrogen-bond donors (Lipinski definition) is 0. The van der Waals surface area contributed by atoms with Crippen LogP contribution in [0.1, 0.15) is 11.1 Å². The fourth-order valence-corrected chi connectivity index (χ4v) is 3.42. The topological polar surface area (TPSA) is 29.5 Å². The molecule has 0 fully saturated rings. The summed E-state index contributed by atoms with van der Waals surface area (Å²) in [7, 11) is 1.64. The van der Waals surface area contributed by atoms with Gasteiger partial charge in [-0.05, 0) is 70.1 Å². The molecule has 0 aromatic heterocycles. The number of methoxy groups -OCH3 is 1. The van der Waals surface area contributed by atoms with Gasteiger partial charge in [-0.3, -0.25) is 4.79 Å². The van der Waals surface area contributed by atoms with E-state index in [0.29, 0.717) is 13.0 Å². The van der Waals surface area contributed by atoms with Crippen LogP contribution in [0.15, 0.2) is 40.9 Å². The van der Waals surface area contributed by atoms with Gasteiger partial charge in [0.15, 0.2) is 0 Å². The number of ether oxygens (including phenoxy) is 1. The molecule has 2 aromatic rings. The molecule has 0 saturated carbocycles. The van der Waals surface area contributed by atoms with Crippen LogP contribution in [0.5, 0.6) is 5.75 Å². The smallest absolute Gasteiger partial charge is 0.231 e. The molecule has 0 atom stereocenters. The van der Waals surface area contributed by atoms with Crippen LogP contribution in [0, 0.1) is 3.57 Å². The van der Waals surface area contributed by atoms with Crippen LogP contribution in [0.25, 0.3) is 0 Å². The van der Waals surface area contributed by atoms with Gasteiger partial charge in [-0.1, -0.05) is 15.9 Å². The summed E-state index contributed by atoms with van der Waals surface area (Å²) in [6.45, 7) is 0.546. The molecule has 0 aliphatic carbocycles. The highest BCUT2D eigenvalue weighted by molar-refractivity contribution is 14.1. The second-order valence-corrected chi connectivity index (χ2v) is 6.99. The molecule has 2 aromatic carbocycles. The summed E-state index contributed by atoms with van der Waals surface area (Å²) in [6, 6.07) is 11.9. The second kappa shape index (κ2) is 5.96. The van der Waals surface area contributed by atoms with Gasteiger partial charge in [0.1, 0.15) is 5.75 Å². The highest BCUT2D eigenvalue weighted by Crippen LogP contribution is 2.33. The van der Waals surface area contributed by atoms with Crippen LogP contribution in [0.2, 0.25) is 0 Å². The number of rotatable bonds is 3. The Bertz CT molecular complexity index is 717. The van der Waals surface area contributed by atoms with Crippen molar-refractivity contribution in [3.05, 3.63) is 55.6 Å². The molecule has 0 bridgehead atoms. The second-order valence-electron chi connectivity index (χ2n) is 4.89. The van der Waals surface area contributed by atoms with E-state index in [4.69, 9.17) is 4.74 Å². The van der Waals surface area contributed by atoms with Gasteiger partial charge in [0.25, 0.3) is 0 Å². The van der Waals surface area contributed by atoms with Gasteiger partial charge >= 0.3 is 0 Å². The Labute approximate surface area is 145 Å². The number of benzene rings is 2. The first-order valence-electron chi connectivity index (χ1n) is 6.49. The molecule has 1 amide bonds. The summed E-state index contributed by atoms with van der Waals surface area (Å²) < 4.78 is 7.40. The molecule has 0 spiro atoms. The minimum absolute atomic E-state index is 0.140. The highest BCUT2D eigenvalue weighted by atomic mass is 127. The SMILES string of the molecule is COc1ccc(Br)c(CN2C(=O)Cc3cc(I)ccc32)c1. The van der Waals surface area contributed by atoms with Gasteiger partial charge in [-0.15, -0.1) is 0 Å². The first-order chi connectivity index (χ1) is 10.1. The molecule has 21 heavy (non-hydrogen) atoms. The van der Waals surface area contributed by atoms with Gasteiger partial charge in [-0.25, -0.2) is 0 Å². The van der Waals surface area contributed by atoms with E-state index < -0.39 is 0 Å². The Kier molecular flexibility index (Phi) is 4.21. The fraction of sp³-hybridized carbons (Fsp3) is 0.188. The number of hydrogen-bond acceptors (Lipinski definition) is 2. The maximum absolute atomic E-state index is 12.3. The zero-order valence-corrected chi connectivity index (χ0v) is 15.1. The van der Waals surface area contributed by atoms with Crippen molar-refractivity contribution in [2.45, 2.75) is 13.0 Å². The van der Waals surface area contributed by atoms with Gasteiger partial charge < -0.3 is 9.64 Å². The first kappa shape index (κ1) is 14.8. The molecule has 1 heterocycles. The number of amides is 1. The van der Waals surface area contributed by atoms with E-state index in [0.717, 1.165) is 30.6 Å². The predicted molar refractivity (Wildman–Crippen MR) is 94.7 cm³/mol. The minimum Gasteiger partial charge on any atom is -0.497 e. The van der Waals surface area contributed by atoms with E-state index in [-0.39, 0.29) is 5.91 Å². The van der Waals surface area contributed by atoms with Crippen LogP contribution < -0.4 is 9.64 Å². The van der Waals surface area contributed by atoms with E-state index in [1.165, 1.54) is 0 Å². The maximum atomic E-state index is 12.3. The van der Waals surface area contributed by atoms with Crippen molar-refractivity contribution in [2.24, 2.45) is 0 Å². The summed E-state index contributed by atoms with van der Waals surface area (Å²) in [5, 5.41) is 0. The molecule has 3 nitrogen and oxygen atoms in total. The fourth-order valence-electron chi connectivity index (χ4n) is 2.49. The molecule has 0 saturated heterocycles. The average Bonchev–Trinajstić information content (AvgIpc) is 2.76. The summed E-state index contributed by atoms with van der Waals surface area (Å²) in [5.41, 5.74) is 3.15. The zero-order valence-electron chi connectivity index (χ0n) is 11.4. The largest absolute Gasteiger partial charge is 0.497 e. The third-order valence-electron chi connectivity index (χ3n) is 3.56. The lowest BCUT2D eigenvalue weighted by Crippen LogP contribution is -2.26. The van der Waals surface area contributed by atoms with Crippen LogP contribution in [0.4, 0.5) is 5.69 Å². The van der Waals surface area contributed by atoms with Crippen LogP contribution >= 0.6 is 38.5 Å². The van der Waals surface area contributed by atoms with Gasteiger partial charge in [0, 0.05) is 13.7 Å². The Hall–Kier alpha value is -1.08. The zero-order chi connectivity index (χ0) is 15.0. The van der Waals surface area contributed by atoms with Crippen molar-refractivity contribution in [3.63, 3.8) is 0 Å². The molecule has 1 aliphatic rings. The standard InChI is InChI=1S/C16H13BrINO2/c1-21-13-3-4-14(17)11(7-13)9-19-15-5-2-12(18)6-10(15)8-16(19)20/h2-7H,8-9H2,1H3. The molecule has 0 radical (unpaired) electrons. The van der Waals surface area contributed by atoms with Crippen LogP contribution in [0.3, 0.4) is 0 Å². The predicted octanol–water partition coefficient (Wildman–Crippen LogP) is 4.15. The summed E-state index contributed by atoms with van der Waals surface area (Å²) in [5.74, 6) is 0.935. The third kappa shape index (κ3) is 2.94. The van der Waals surface area contributed by atoms with Crippen LogP contribution in [-0.2, 0) is 17.8 Å². The Morgan fingerprint density at radius 2 is 2.10 bits per heavy atom. The molecular formula is C16H13BrINO2. The number of carbonyl (C=O) groups excluding carboxylic acids is 1.